The number of hydrogen-bond acceptors (Lipinski definition) is 43. The van der Waals surface area contributed by atoms with Gasteiger partial charge in [0, 0.05) is 126 Å². The quantitative estimate of drug-likeness (QED) is 0.0472. The predicted molar refractivity (Wildman–Crippen MR) is 489 cm³/mol. The summed E-state index contributed by atoms with van der Waals surface area (Å²) >= 11 is 230. The Balaban J connectivity index is 0.00000301. The van der Waals surface area contributed by atoms with Crippen LogP contribution in [0.5, 0.6) is 11.5 Å². The summed E-state index contributed by atoms with van der Waals surface area (Å²) in [6, 6.07) is 2.43. The summed E-state index contributed by atoms with van der Waals surface area (Å²) in [6.07, 6.45) is 0.200. The average Bonchev–Trinajstić information content (AvgIpc) is 3.18. The van der Waals surface area contributed by atoms with Crippen molar-refractivity contribution < 1.29 is 71.2 Å². The van der Waals surface area contributed by atoms with Gasteiger partial charge in [0.2, 0.25) is 0 Å². The van der Waals surface area contributed by atoms with Crippen molar-refractivity contribution >= 4 is 567 Å². The molecule has 1 aromatic rings. The number of aromatic hydroxyl groups is 2. The number of phenols is 2. The van der Waals surface area contributed by atoms with Gasteiger partial charge in [-0.1, -0.05) is 22.4 Å². The van der Waals surface area contributed by atoms with E-state index in [4.69, 9.17) is 437 Å². The third-order valence-electron chi connectivity index (χ3n) is 6.79. The minimum absolute atomic E-state index is 0. The summed E-state index contributed by atoms with van der Waals surface area (Å²) in [5.74, 6) is -1.08. The fourth-order valence-corrected chi connectivity index (χ4v) is 432. The smallest absolute Gasteiger partial charge is 0.694 e. The van der Waals surface area contributed by atoms with Crippen molar-refractivity contribution in [2.45, 2.75) is 12.8 Å². The monoisotopic (exact) mass is 2210 g/mol. The van der Waals surface area contributed by atoms with E-state index in [1.54, 1.807) is 21.2 Å². The third-order valence-corrected chi connectivity index (χ3v) is 374. The molecule has 0 saturated carbocycles. The van der Waals surface area contributed by atoms with E-state index in [9.17, 15) is 19.8 Å². The van der Waals surface area contributed by atoms with E-state index in [-0.39, 0.29) is 98.4 Å². The maximum Gasteiger partial charge on any atom is 1.00 e. The van der Waals surface area contributed by atoms with Crippen molar-refractivity contribution in [1.29, 1.82) is 0 Å². The number of halogens is 1. The largest absolute Gasteiger partial charge is 1.00 e. The van der Waals surface area contributed by atoms with Gasteiger partial charge in [0.05, 0.1) is 11.1 Å². The van der Waals surface area contributed by atoms with Gasteiger partial charge in [-0.3, -0.25) is 9.59 Å². The zero-order valence-corrected chi connectivity index (χ0v) is 85.0. The van der Waals surface area contributed by atoms with E-state index in [0.29, 0.717) is 0 Å². The van der Waals surface area contributed by atoms with Crippen LogP contribution in [-0.2, 0) is 534 Å². The minimum Gasteiger partial charge on any atom is -0.694 e. The fourth-order valence-electron chi connectivity index (χ4n) is 3.35. The fraction of sp³-hybridized carbons (Fsp3) is 0.200. The Bertz CT molecular complexity index is 4700. The second kappa shape index (κ2) is 29.8. The van der Waals surface area contributed by atoms with Crippen LogP contribution in [0.3, 0.4) is 0 Å². The molecule has 0 radical (unpaired) electrons. The van der Waals surface area contributed by atoms with Crippen molar-refractivity contribution in [1.82, 2.24) is 0 Å². The molecule has 0 bridgehead atoms. The molecule has 64 heteroatoms. The Morgan fingerprint density at radius 3 is 0.581 bits per heavy atom. The van der Waals surface area contributed by atoms with Crippen LogP contribution >= 0.6 is 21.2 Å². The van der Waals surface area contributed by atoms with Crippen LogP contribution in [0.25, 0.3) is 0 Å². The van der Waals surface area contributed by atoms with Crippen LogP contribution < -0.4 is 51.4 Å². The number of hydrogen-bond donors (Lipinski definition) is 2. The molecule has 1 aliphatic rings. The molecule has 2 N–H and O–H groups in total. The number of fused-ring (bicyclic) bond motifs is 1. The van der Waals surface area contributed by atoms with E-state index < -0.39 is 97.1 Å². The standard InChI is InChI=1S/C10H8O4.HIS58.K/c11-5-1-2-6(12)10-8(14)4-3-7(13)9(5)10;1-41(2,3)43(7,8)45(11,12)47(15,16)49(19,20)51(23,24)53(27,28)55(31,32)57(35,36)59(39,40)58(37,38)56(33,34)54(29,30)52(25,26)50(21,22)48(17,18)46(13,14)44(9,10)42(4,5)6;/h1-2,11-12H,3-4H2;(H,4,5,6);/q;;+1/p-1. The summed E-state index contributed by atoms with van der Waals surface area (Å²) in [6.45, 7) is 0. The van der Waals surface area contributed by atoms with Crippen molar-refractivity contribution in [3.63, 3.8) is 0 Å². The number of carbonyl (C=O) groups excluding carboxylic acids is 2. The molecule has 1 aliphatic carbocycles. The SMILES string of the molecule is O=C1CCC(=O)c2c(O)ccc(O)c21.S=S(=S)([S-])S(=S)(=S)S(=S)(=S)S(=S)(=S)S(=S)(=S)S(=S)(=S)S(=S)(=S)S(=S)(=S)S(=S)(=S)S(=S)(=S)S(=S)(=S)S(=S)(=S)S(=S)(=S)S(=S)(=S)S(=S)(=S)S(=S)(=S)S(=S)(=S)S(=S)(=S)S(=S)(=S)I.[K+]. The number of rotatable bonds is 18. The Kier molecular flexibility index (Phi) is 36.1. The van der Waals surface area contributed by atoms with Crippen molar-refractivity contribution in [3.05, 3.63) is 23.3 Å². The van der Waals surface area contributed by atoms with Gasteiger partial charge < -0.3 is 21.9 Å². The molecule has 0 amide bonds. The first-order valence-electron chi connectivity index (χ1n) is 13.9. The molecule has 0 heterocycles. The van der Waals surface area contributed by atoms with Crippen LogP contribution in [0.15, 0.2) is 12.1 Å². The Labute approximate surface area is 665 Å². The second-order valence-corrected chi connectivity index (χ2v) is 219. The summed E-state index contributed by atoms with van der Waals surface area (Å²) in [7, 11) is 0. The minimum atomic E-state index is -3.88. The molecule has 74 heavy (non-hydrogen) atoms. The molecule has 0 spiro atoms. The second-order valence-electron chi connectivity index (χ2n) is 10.9. The molecule has 4 nitrogen and oxygen atoms in total. The first kappa shape index (κ1) is 89.9. The van der Waals surface area contributed by atoms with E-state index in [1.165, 1.54) is 12.1 Å². The summed E-state index contributed by atoms with van der Waals surface area (Å²) < 4.78 is -2.67. The van der Waals surface area contributed by atoms with E-state index in [2.05, 4.69) is 0 Å². The van der Waals surface area contributed by atoms with E-state index in [0.717, 1.165) is 0 Å². The number of ketones is 2. The summed E-state index contributed by atoms with van der Waals surface area (Å²) in [4.78, 5) is 22.8. The zero-order chi connectivity index (χ0) is 59.8. The van der Waals surface area contributed by atoms with Gasteiger partial charge in [-0.25, -0.2) is 0 Å². The summed E-state index contributed by atoms with van der Waals surface area (Å²) in [5.41, 5.74) is -0.0810. The van der Waals surface area contributed by atoms with Crippen LogP contribution in [0.4, 0.5) is 0 Å². The zero-order valence-electron chi connectivity index (χ0n) is 32.3. The predicted octanol–water partition coefficient (Wildman–Crippen LogP) is -0.992. The first-order chi connectivity index (χ1) is 31.1. The van der Waals surface area contributed by atoms with Crippen molar-refractivity contribution in [3.8, 4) is 11.5 Å². The van der Waals surface area contributed by atoms with Gasteiger partial charge >= 0.3 is 51.4 Å². The normalized spacial score (nSPS) is 16.4. The van der Waals surface area contributed by atoms with Gasteiger partial charge in [0.25, 0.3) is 0 Å². The van der Waals surface area contributed by atoms with Gasteiger partial charge in [0.15, 0.2) is 11.6 Å². The van der Waals surface area contributed by atoms with Gasteiger partial charge in [-0.05, 0) is 415 Å². The first-order valence-corrected chi connectivity index (χ1v) is 92.8. The number of Topliss-reactive ketones (excluding diaryl/α,β-unsaturated/α-hetero) is 2. The van der Waals surface area contributed by atoms with Crippen LogP contribution in [0, 0.1) is 0 Å². The Morgan fingerprint density at radius 2 is 0.446 bits per heavy atom. The van der Waals surface area contributed by atoms with Crippen molar-refractivity contribution in [2.75, 3.05) is 0 Å². The molecular weight excluding hydrogens is 2210 g/mol. The van der Waals surface area contributed by atoms with Crippen molar-refractivity contribution in [2.24, 2.45) is 0 Å². The maximum absolute atomic E-state index is 11.4. The topological polar surface area (TPSA) is 74.6 Å². The molecule has 0 aliphatic heterocycles. The molecular formula is C10H8IKO4S58. The van der Waals surface area contributed by atoms with Gasteiger partial charge in [-0.2, -0.15) is 0 Å². The summed E-state index contributed by atoms with van der Waals surface area (Å²) in [5, 5.41) is -46.5. The number of benzene rings is 1. The molecule has 1 aromatic carbocycles. The molecule has 0 aromatic heterocycles. The van der Waals surface area contributed by atoms with Crippen LogP contribution in [-0.4, -0.2) is 21.8 Å². The number of carbonyl (C=O) groups is 2. The molecule has 0 atom stereocenters. The molecule has 0 unspecified atom stereocenters. The number of phenolic OH excluding ortho intramolecular Hbond substituents is 2. The molecule has 0 fully saturated rings. The van der Waals surface area contributed by atoms with E-state index in [1.807, 2.05) is 0 Å². The van der Waals surface area contributed by atoms with Crippen LogP contribution in [0.2, 0.25) is 0 Å². The third kappa shape index (κ3) is 15.4. The van der Waals surface area contributed by atoms with Crippen LogP contribution in [0.1, 0.15) is 33.6 Å². The average molecular weight is 2220 g/mol. The molecule has 2 rings (SSSR count). The van der Waals surface area contributed by atoms with E-state index >= 15 is 0 Å². The van der Waals surface area contributed by atoms with Gasteiger partial charge in [-0.15, -0.1) is 5.21 Å². The maximum atomic E-state index is 11.4. The molecule has 0 saturated heterocycles. The van der Waals surface area contributed by atoms with Gasteiger partial charge in [0.1, 0.15) is 11.5 Å². The Hall–Kier alpha value is 15.9. The molecule has 428 valence electrons. The Morgan fingerprint density at radius 1 is 0.311 bits per heavy atom.